The summed E-state index contributed by atoms with van der Waals surface area (Å²) in [6, 6.07) is 37.3. The van der Waals surface area contributed by atoms with Crippen LogP contribution in [0.5, 0.6) is 17.2 Å². The molecule has 0 N–H and O–H groups in total. The summed E-state index contributed by atoms with van der Waals surface area (Å²) in [6.45, 7) is 1.44. The van der Waals surface area contributed by atoms with E-state index in [2.05, 4.69) is 17.1 Å². The summed E-state index contributed by atoms with van der Waals surface area (Å²) in [6.07, 6.45) is 1.75. The zero-order chi connectivity index (χ0) is 27.1. The topological polar surface area (TPSA) is 60.9 Å². The van der Waals surface area contributed by atoms with Crippen LogP contribution in [0, 0.1) is 0 Å². The van der Waals surface area contributed by atoms with Crippen molar-refractivity contribution >= 4 is 5.91 Å². The van der Waals surface area contributed by atoms with Gasteiger partial charge in [0.2, 0.25) is 6.79 Å². The first-order valence-electron chi connectivity index (χ1n) is 13.2. The molecule has 4 aromatic carbocycles. The van der Waals surface area contributed by atoms with Crippen LogP contribution in [0.1, 0.15) is 27.2 Å². The first-order chi connectivity index (χ1) is 19.7. The number of nitrogens with zero attached hydrogens (tertiary/aromatic N) is 2. The fourth-order valence-electron chi connectivity index (χ4n) is 4.66. The molecule has 6 heteroatoms. The minimum absolute atomic E-state index is 0.0584. The number of amides is 1. The van der Waals surface area contributed by atoms with Crippen molar-refractivity contribution in [2.45, 2.75) is 19.7 Å². The smallest absolute Gasteiger partial charge is 0.254 e. The average molecular weight is 529 g/mol. The molecule has 0 saturated carbocycles. The molecule has 198 valence electrons. The van der Waals surface area contributed by atoms with Crippen LogP contribution >= 0.6 is 0 Å². The van der Waals surface area contributed by atoms with Crippen LogP contribution in [0.4, 0.5) is 0 Å². The summed E-state index contributed by atoms with van der Waals surface area (Å²) >= 11 is 0. The molecule has 1 aliphatic heterocycles. The van der Waals surface area contributed by atoms with E-state index in [-0.39, 0.29) is 12.7 Å². The first kappa shape index (κ1) is 25.2. The highest BCUT2D eigenvalue weighted by Gasteiger charge is 2.18. The minimum atomic E-state index is -0.0584. The molecule has 0 spiro atoms. The van der Waals surface area contributed by atoms with Crippen LogP contribution in [0.3, 0.4) is 0 Å². The third kappa shape index (κ3) is 5.97. The minimum Gasteiger partial charge on any atom is -0.489 e. The Hall–Kier alpha value is -5.10. The summed E-state index contributed by atoms with van der Waals surface area (Å²) in [7, 11) is 0. The van der Waals surface area contributed by atoms with Crippen molar-refractivity contribution in [3.05, 3.63) is 144 Å². The number of hydrogen-bond acceptors (Lipinski definition) is 5. The molecule has 1 aromatic heterocycles. The van der Waals surface area contributed by atoms with E-state index in [9.17, 15) is 4.79 Å². The normalized spacial score (nSPS) is 11.7. The van der Waals surface area contributed by atoms with Gasteiger partial charge in [-0.05, 0) is 70.8 Å². The third-order valence-corrected chi connectivity index (χ3v) is 6.72. The quantitative estimate of drug-likeness (QED) is 0.208. The number of hydrogen-bond donors (Lipinski definition) is 0. The van der Waals surface area contributed by atoms with Gasteiger partial charge >= 0.3 is 0 Å². The second-order valence-corrected chi connectivity index (χ2v) is 9.55. The van der Waals surface area contributed by atoms with E-state index in [0.717, 1.165) is 45.2 Å². The van der Waals surface area contributed by atoms with E-state index >= 15 is 0 Å². The molecule has 40 heavy (non-hydrogen) atoms. The molecule has 0 radical (unpaired) electrons. The maximum Gasteiger partial charge on any atom is 0.254 e. The Balaban J connectivity index is 1.19. The fourth-order valence-corrected chi connectivity index (χ4v) is 4.66. The maximum absolute atomic E-state index is 13.7. The lowest BCUT2D eigenvalue weighted by molar-refractivity contribution is 0.0727. The fraction of sp³-hybridized carbons (Fsp3) is 0.118. The second-order valence-electron chi connectivity index (χ2n) is 9.55. The van der Waals surface area contributed by atoms with Crippen molar-refractivity contribution in [1.82, 2.24) is 9.88 Å². The van der Waals surface area contributed by atoms with Crippen LogP contribution in [-0.4, -0.2) is 22.6 Å². The summed E-state index contributed by atoms with van der Waals surface area (Å²) in [5, 5.41) is 0. The number of fused-ring (bicyclic) bond motifs is 1. The van der Waals surface area contributed by atoms with Gasteiger partial charge in [-0.2, -0.15) is 0 Å². The number of pyridine rings is 1. The molecule has 0 saturated heterocycles. The number of rotatable bonds is 9. The zero-order valence-corrected chi connectivity index (χ0v) is 21.9. The van der Waals surface area contributed by atoms with Gasteiger partial charge in [0.1, 0.15) is 12.4 Å². The Kier molecular flexibility index (Phi) is 7.40. The Bertz CT molecular complexity index is 1590. The van der Waals surface area contributed by atoms with E-state index in [1.807, 2.05) is 108 Å². The van der Waals surface area contributed by atoms with Crippen LogP contribution in [-0.2, 0) is 19.7 Å². The number of aromatic nitrogens is 1. The monoisotopic (exact) mass is 528 g/mol. The van der Waals surface area contributed by atoms with Gasteiger partial charge in [0.15, 0.2) is 11.5 Å². The lowest BCUT2D eigenvalue weighted by Crippen LogP contribution is -2.30. The number of benzene rings is 4. The molecule has 0 unspecified atom stereocenters. The lowest BCUT2D eigenvalue weighted by Gasteiger charge is -2.23. The highest BCUT2D eigenvalue weighted by Crippen LogP contribution is 2.33. The number of carbonyl (C=O) groups excluding carboxylic acids is 1. The lowest BCUT2D eigenvalue weighted by atomic mass is 10.0. The van der Waals surface area contributed by atoms with Crippen molar-refractivity contribution in [1.29, 1.82) is 0 Å². The maximum atomic E-state index is 13.7. The molecule has 0 fully saturated rings. The molecular weight excluding hydrogens is 500 g/mol. The third-order valence-electron chi connectivity index (χ3n) is 6.72. The predicted octanol–water partition coefficient (Wildman–Crippen LogP) is 6.90. The van der Waals surface area contributed by atoms with Gasteiger partial charge in [-0.25, -0.2) is 0 Å². The molecule has 0 bridgehead atoms. The van der Waals surface area contributed by atoms with Gasteiger partial charge in [0, 0.05) is 18.3 Å². The first-order valence-corrected chi connectivity index (χ1v) is 13.2. The van der Waals surface area contributed by atoms with Gasteiger partial charge in [0.05, 0.1) is 12.2 Å². The van der Waals surface area contributed by atoms with E-state index in [0.29, 0.717) is 25.3 Å². The summed E-state index contributed by atoms with van der Waals surface area (Å²) in [4.78, 5) is 20.0. The van der Waals surface area contributed by atoms with E-state index in [1.54, 1.807) is 6.20 Å². The molecule has 2 heterocycles. The van der Waals surface area contributed by atoms with Crippen molar-refractivity contribution in [2.24, 2.45) is 0 Å². The molecule has 0 aliphatic carbocycles. The zero-order valence-electron chi connectivity index (χ0n) is 21.9. The highest BCUT2D eigenvalue weighted by atomic mass is 16.7. The van der Waals surface area contributed by atoms with Crippen molar-refractivity contribution in [3.63, 3.8) is 0 Å². The summed E-state index contributed by atoms with van der Waals surface area (Å²) in [5.41, 5.74) is 5.59. The van der Waals surface area contributed by atoms with Crippen LogP contribution in [0.25, 0.3) is 11.1 Å². The average Bonchev–Trinajstić information content (AvgIpc) is 3.49. The Morgan fingerprint density at radius 1 is 0.725 bits per heavy atom. The van der Waals surface area contributed by atoms with Crippen molar-refractivity contribution < 1.29 is 19.0 Å². The predicted molar refractivity (Wildman–Crippen MR) is 153 cm³/mol. The van der Waals surface area contributed by atoms with Crippen LogP contribution < -0.4 is 14.2 Å². The number of carbonyl (C=O) groups is 1. The van der Waals surface area contributed by atoms with Crippen LogP contribution in [0.15, 0.2) is 121 Å². The van der Waals surface area contributed by atoms with Crippen LogP contribution in [0.2, 0.25) is 0 Å². The molecule has 1 aliphatic rings. The Morgan fingerprint density at radius 3 is 2.35 bits per heavy atom. The highest BCUT2D eigenvalue weighted by molar-refractivity contribution is 5.94. The molecule has 6 rings (SSSR count). The van der Waals surface area contributed by atoms with E-state index < -0.39 is 0 Å². The largest absolute Gasteiger partial charge is 0.489 e. The number of ether oxygens (including phenoxy) is 3. The second kappa shape index (κ2) is 11.7. The van der Waals surface area contributed by atoms with Gasteiger partial charge in [-0.15, -0.1) is 0 Å². The van der Waals surface area contributed by atoms with E-state index in [1.165, 1.54) is 0 Å². The summed E-state index contributed by atoms with van der Waals surface area (Å²) < 4.78 is 16.9. The van der Waals surface area contributed by atoms with Gasteiger partial charge < -0.3 is 19.1 Å². The molecule has 6 nitrogen and oxygen atoms in total. The summed E-state index contributed by atoms with van der Waals surface area (Å²) in [5.74, 6) is 2.15. The van der Waals surface area contributed by atoms with Gasteiger partial charge in [-0.3, -0.25) is 9.78 Å². The molecular formula is C34H28N2O4. The molecule has 0 atom stereocenters. The standard InChI is InChI=1S/C34H28N2O4/c37-34(29-15-13-28(14-16-29)27-8-2-1-3-9-27)36(22-30-10-4-5-18-35-30)21-25-7-6-11-31(19-25)38-23-26-12-17-32-33(20-26)40-24-39-32/h1-20H,21-24H2. The molecule has 1 amide bonds. The van der Waals surface area contributed by atoms with E-state index in [4.69, 9.17) is 14.2 Å². The Labute approximate surface area is 233 Å². The molecule has 5 aromatic rings. The van der Waals surface area contributed by atoms with Crippen molar-refractivity contribution in [3.8, 4) is 28.4 Å². The van der Waals surface area contributed by atoms with Gasteiger partial charge in [-0.1, -0.05) is 66.7 Å². The van der Waals surface area contributed by atoms with Gasteiger partial charge in [0.25, 0.3) is 5.91 Å². The SMILES string of the molecule is O=C(c1ccc(-c2ccccc2)cc1)N(Cc1cccc(OCc2ccc3c(c2)OCO3)c1)Cc1ccccn1. The van der Waals surface area contributed by atoms with Crippen molar-refractivity contribution in [2.75, 3.05) is 6.79 Å². The Morgan fingerprint density at radius 2 is 1.52 bits per heavy atom.